The molecule has 0 aliphatic rings. The van der Waals surface area contributed by atoms with Gasteiger partial charge >= 0.3 is 0 Å². The van der Waals surface area contributed by atoms with Gasteiger partial charge in [-0.05, 0) is 50.8 Å². The molecule has 0 heterocycles. The van der Waals surface area contributed by atoms with Crippen LogP contribution in [0.4, 0.5) is 0 Å². The van der Waals surface area contributed by atoms with Crippen molar-refractivity contribution in [2.75, 3.05) is 12.8 Å². The fraction of sp³-hybridized carbons (Fsp3) is 0.462. The molecule has 0 bridgehead atoms. The molecule has 5 heteroatoms. The molecule has 0 amide bonds. The molecule has 1 rings (SSSR count). The zero-order chi connectivity index (χ0) is 13.6. The van der Waals surface area contributed by atoms with E-state index in [-0.39, 0.29) is 0 Å². The zero-order valence-electron chi connectivity index (χ0n) is 10.5. The summed E-state index contributed by atoms with van der Waals surface area (Å²) in [4.78, 5) is 1.10. The van der Waals surface area contributed by atoms with E-state index in [1.165, 1.54) is 0 Å². The van der Waals surface area contributed by atoms with Gasteiger partial charge in [0.05, 0.1) is 16.1 Å². The average molecular weight is 303 g/mol. The van der Waals surface area contributed by atoms with Crippen molar-refractivity contribution in [2.24, 2.45) is 0 Å². The third-order valence-corrected chi connectivity index (χ3v) is 4.60. The summed E-state index contributed by atoms with van der Waals surface area (Å²) in [5, 5.41) is 13.2. The van der Waals surface area contributed by atoms with E-state index in [0.29, 0.717) is 10.0 Å². The van der Waals surface area contributed by atoms with Crippen molar-refractivity contribution in [3.05, 3.63) is 28.2 Å². The Kier molecular flexibility index (Phi) is 6.31. The summed E-state index contributed by atoms with van der Waals surface area (Å²) < 4.78 is 0. The van der Waals surface area contributed by atoms with Crippen LogP contribution in [0, 0.1) is 11.3 Å². The maximum absolute atomic E-state index is 9.02. The van der Waals surface area contributed by atoms with Crippen LogP contribution in [0.15, 0.2) is 23.1 Å². The number of thioether (sulfide) groups is 1. The molecule has 0 aromatic heterocycles. The summed E-state index contributed by atoms with van der Waals surface area (Å²) in [5.41, 5.74) is -0.432. The van der Waals surface area contributed by atoms with Crippen LogP contribution in [0.2, 0.25) is 10.0 Å². The predicted octanol–water partition coefficient (Wildman–Crippen LogP) is 4.37. The van der Waals surface area contributed by atoms with Gasteiger partial charge in [-0.15, -0.1) is 11.8 Å². The monoisotopic (exact) mass is 302 g/mol. The van der Waals surface area contributed by atoms with E-state index < -0.39 is 5.54 Å². The number of halogens is 2. The number of hydrogen-bond acceptors (Lipinski definition) is 3. The Bertz CT molecular complexity index is 445. The molecule has 0 saturated carbocycles. The standard InChI is InChI=1S/C13H16Cl2N2S/c1-13(9-16,17-2)6-3-7-18-10-4-5-11(14)12(15)8-10/h4-5,8,17H,3,6-7H2,1-2H3. The molecule has 0 saturated heterocycles. The van der Waals surface area contributed by atoms with Gasteiger partial charge in [0.1, 0.15) is 5.54 Å². The van der Waals surface area contributed by atoms with Crippen LogP contribution < -0.4 is 5.32 Å². The normalized spacial score (nSPS) is 13.9. The third kappa shape index (κ3) is 4.70. The molecule has 1 aromatic carbocycles. The van der Waals surface area contributed by atoms with Crippen LogP contribution in [0.1, 0.15) is 19.8 Å². The lowest BCUT2D eigenvalue weighted by atomic mass is 9.99. The van der Waals surface area contributed by atoms with Crippen molar-refractivity contribution in [1.82, 2.24) is 5.32 Å². The molecule has 0 spiro atoms. The molecular formula is C13H16Cl2N2S. The smallest absolute Gasteiger partial charge is 0.103 e. The molecule has 18 heavy (non-hydrogen) atoms. The maximum atomic E-state index is 9.02. The van der Waals surface area contributed by atoms with Crippen molar-refractivity contribution in [3.63, 3.8) is 0 Å². The number of nitrogens with one attached hydrogen (secondary N) is 1. The molecule has 2 nitrogen and oxygen atoms in total. The summed E-state index contributed by atoms with van der Waals surface area (Å²) >= 11 is 13.5. The van der Waals surface area contributed by atoms with E-state index in [2.05, 4.69) is 11.4 Å². The molecule has 0 aliphatic heterocycles. The van der Waals surface area contributed by atoms with E-state index in [4.69, 9.17) is 28.5 Å². The number of nitrogens with zero attached hydrogens (tertiary/aromatic N) is 1. The Balaban J connectivity index is 2.39. The molecular weight excluding hydrogens is 287 g/mol. The quantitative estimate of drug-likeness (QED) is 0.626. The minimum Gasteiger partial charge on any atom is -0.303 e. The van der Waals surface area contributed by atoms with Gasteiger partial charge in [0.25, 0.3) is 0 Å². The minimum atomic E-state index is -0.432. The first-order valence-electron chi connectivity index (χ1n) is 5.69. The van der Waals surface area contributed by atoms with Gasteiger partial charge in [0, 0.05) is 4.90 Å². The van der Waals surface area contributed by atoms with Gasteiger partial charge in [-0.2, -0.15) is 5.26 Å². The summed E-state index contributed by atoms with van der Waals surface area (Å²) in [6.07, 6.45) is 1.80. The summed E-state index contributed by atoms with van der Waals surface area (Å²) in [6.45, 7) is 1.91. The van der Waals surface area contributed by atoms with Crippen LogP contribution in [0.3, 0.4) is 0 Å². The van der Waals surface area contributed by atoms with E-state index in [1.807, 2.05) is 26.1 Å². The van der Waals surface area contributed by atoms with Crippen molar-refractivity contribution in [1.29, 1.82) is 5.26 Å². The second-order valence-corrected chi connectivity index (χ2v) is 6.20. The SMILES string of the molecule is CNC(C)(C#N)CCCSc1ccc(Cl)c(Cl)c1. The minimum absolute atomic E-state index is 0.432. The highest BCUT2D eigenvalue weighted by Crippen LogP contribution is 2.28. The molecule has 1 atom stereocenters. The summed E-state index contributed by atoms with van der Waals surface area (Å²) in [7, 11) is 1.81. The van der Waals surface area contributed by atoms with E-state index >= 15 is 0 Å². The van der Waals surface area contributed by atoms with Gasteiger partial charge in [-0.3, -0.25) is 0 Å². The highest BCUT2D eigenvalue weighted by molar-refractivity contribution is 7.99. The van der Waals surface area contributed by atoms with E-state index in [1.54, 1.807) is 17.8 Å². The number of hydrogen-bond donors (Lipinski definition) is 1. The Hall–Kier alpha value is -0.400. The second-order valence-electron chi connectivity index (χ2n) is 4.22. The summed E-state index contributed by atoms with van der Waals surface area (Å²) in [5.74, 6) is 0.955. The van der Waals surface area contributed by atoms with Crippen LogP contribution >= 0.6 is 35.0 Å². The first-order chi connectivity index (χ1) is 8.50. The van der Waals surface area contributed by atoms with Crippen molar-refractivity contribution < 1.29 is 0 Å². The fourth-order valence-electron chi connectivity index (χ4n) is 1.42. The maximum Gasteiger partial charge on any atom is 0.103 e. The Morgan fingerprint density at radius 2 is 2.11 bits per heavy atom. The molecule has 0 aliphatic carbocycles. The number of benzene rings is 1. The lowest BCUT2D eigenvalue weighted by Crippen LogP contribution is -2.37. The third-order valence-electron chi connectivity index (χ3n) is 2.78. The van der Waals surface area contributed by atoms with Crippen LogP contribution in [0.25, 0.3) is 0 Å². The van der Waals surface area contributed by atoms with Crippen LogP contribution in [0.5, 0.6) is 0 Å². The Morgan fingerprint density at radius 1 is 1.39 bits per heavy atom. The van der Waals surface area contributed by atoms with Crippen molar-refractivity contribution >= 4 is 35.0 Å². The Morgan fingerprint density at radius 3 is 2.67 bits per heavy atom. The summed E-state index contributed by atoms with van der Waals surface area (Å²) in [6, 6.07) is 7.92. The number of rotatable bonds is 6. The molecule has 98 valence electrons. The van der Waals surface area contributed by atoms with Gasteiger partial charge in [0.15, 0.2) is 0 Å². The molecule has 0 radical (unpaired) electrons. The van der Waals surface area contributed by atoms with Crippen LogP contribution in [-0.4, -0.2) is 18.3 Å². The van der Waals surface area contributed by atoms with Gasteiger partial charge < -0.3 is 5.32 Å². The van der Waals surface area contributed by atoms with Gasteiger partial charge in [-0.25, -0.2) is 0 Å². The molecule has 0 fully saturated rings. The highest BCUT2D eigenvalue weighted by Gasteiger charge is 2.19. The van der Waals surface area contributed by atoms with Gasteiger partial charge in [-0.1, -0.05) is 23.2 Å². The molecule has 1 unspecified atom stereocenters. The Labute approximate surface area is 123 Å². The topological polar surface area (TPSA) is 35.8 Å². The average Bonchev–Trinajstić information content (AvgIpc) is 2.38. The molecule has 1 N–H and O–H groups in total. The molecule has 1 aromatic rings. The largest absolute Gasteiger partial charge is 0.303 e. The van der Waals surface area contributed by atoms with Crippen molar-refractivity contribution in [2.45, 2.75) is 30.2 Å². The lowest BCUT2D eigenvalue weighted by Gasteiger charge is -2.20. The fourth-order valence-corrected chi connectivity index (χ4v) is 2.67. The van der Waals surface area contributed by atoms with Crippen molar-refractivity contribution in [3.8, 4) is 6.07 Å². The van der Waals surface area contributed by atoms with E-state index in [0.717, 1.165) is 23.5 Å². The zero-order valence-corrected chi connectivity index (χ0v) is 12.8. The van der Waals surface area contributed by atoms with Gasteiger partial charge in [0.2, 0.25) is 0 Å². The van der Waals surface area contributed by atoms with E-state index in [9.17, 15) is 0 Å². The second kappa shape index (κ2) is 7.25. The number of nitriles is 1. The first kappa shape index (κ1) is 15.7. The highest BCUT2D eigenvalue weighted by atomic mass is 35.5. The van der Waals surface area contributed by atoms with Crippen LogP contribution in [-0.2, 0) is 0 Å². The first-order valence-corrected chi connectivity index (χ1v) is 7.43. The lowest BCUT2D eigenvalue weighted by molar-refractivity contribution is 0.451. The predicted molar refractivity (Wildman–Crippen MR) is 79.5 cm³/mol.